The fraction of sp³-hybridized carbons (Fsp3) is 0.400. The van der Waals surface area contributed by atoms with Crippen molar-refractivity contribution in [2.75, 3.05) is 20.1 Å². The van der Waals surface area contributed by atoms with Gasteiger partial charge in [0.2, 0.25) is 5.91 Å². The second-order valence-corrected chi connectivity index (χ2v) is 8.08. The highest BCUT2D eigenvalue weighted by atomic mass is 32.1. The van der Waals surface area contributed by atoms with Gasteiger partial charge in [-0.05, 0) is 30.9 Å². The smallest absolute Gasteiger partial charge is 0.286 e. The van der Waals surface area contributed by atoms with Crippen LogP contribution in [0.15, 0.2) is 33.1 Å². The van der Waals surface area contributed by atoms with Crippen LogP contribution in [0.2, 0.25) is 0 Å². The Bertz CT molecular complexity index is 1120. The van der Waals surface area contributed by atoms with Gasteiger partial charge >= 0.3 is 0 Å². The van der Waals surface area contributed by atoms with E-state index >= 15 is 0 Å². The molecule has 0 spiro atoms. The van der Waals surface area contributed by atoms with E-state index in [4.69, 9.17) is 4.42 Å². The van der Waals surface area contributed by atoms with Crippen molar-refractivity contribution >= 4 is 33.4 Å². The number of thiophene rings is 1. The van der Waals surface area contributed by atoms with Gasteiger partial charge in [0.1, 0.15) is 10.6 Å². The minimum Gasteiger partial charge on any atom is -0.451 e. The van der Waals surface area contributed by atoms with E-state index in [0.29, 0.717) is 34.0 Å². The number of aromatic nitrogens is 2. The van der Waals surface area contributed by atoms with E-state index in [9.17, 15) is 14.4 Å². The third-order valence-corrected chi connectivity index (χ3v) is 6.28. The highest BCUT2D eigenvalue weighted by Gasteiger charge is 2.23. The summed E-state index contributed by atoms with van der Waals surface area (Å²) < 4.78 is 7.30. The fourth-order valence-corrected chi connectivity index (χ4v) is 4.60. The Morgan fingerprint density at radius 2 is 2.07 bits per heavy atom. The number of hydrogen-bond acceptors (Lipinski definition) is 6. The lowest BCUT2D eigenvalue weighted by molar-refractivity contribution is -0.130. The zero-order chi connectivity index (χ0) is 20.5. The molecule has 0 atom stereocenters. The molecule has 0 unspecified atom stereocenters. The summed E-state index contributed by atoms with van der Waals surface area (Å²) in [7, 11) is 1.54. The maximum absolute atomic E-state index is 13.2. The van der Waals surface area contributed by atoms with Crippen LogP contribution in [0.1, 0.15) is 30.3 Å². The largest absolute Gasteiger partial charge is 0.451 e. The summed E-state index contributed by atoms with van der Waals surface area (Å²) in [5, 5.41) is 4.87. The predicted molar refractivity (Wildman–Crippen MR) is 110 cm³/mol. The topological polar surface area (TPSA) is 97.4 Å². The number of piperidine rings is 1. The molecule has 3 aromatic heterocycles. The van der Waals surface area contributed by atoms with Crippen molar-refractivity contribution in [1.82, 2.24) is 19.8 Å². The molecule has 1 saturated heterocycles. The second kappa shape index (κ2) is 7.82. The summed E-state index contributed by atoms with van der Waals surface area (Å²) in [6.45, 7) is 3.61. The first-order chi connectivity index (χ1) is 14.0. The predicted octanol–water partition coefficient (Wildman–Crippen LogP) is 2.34. The van der Waals surface area contributed by atoms with E-state index in [2.05, 4.69) is 10.3 Å². The van der Waals surface area contributed by atoms with Crippen LogP contribution in [-0.4, -0.2) is 46.4 Å². The Morgan fingerprint density at radius 3 is 2.76 bits per heavy atom. The first kappa shape index (κ1) is 19.4. The molecule has 0 radical (unpaired) electrons. The molecule has 1 N–H and O–H groups in total. The maximum atomic E-state index is 13.2. The molecule has 0 saturated carbocycles. The standard InChI is InChI=1S/C20H22N4O4S/c1-12(25)23-7-5-13(6-8-23)9-24-11-22-19-17(20(24)27)14(10-29-19)15-3-4-16(28-15)18(26)21-2/h3-4,10-11,13H,5-9H2,1-2H3,(H,21,26). The molecule has 29 heavy (non-hydrogen) atoms. The van der Waals surface area contributed by atoms with Crippen molar-refractivity contribution in [2.45, 2.75) is 26.3 Å². The van der Waals surface area contributed by atoms with Crippen LogP contribution in [0.25, 0.3) is 21.5 Å². The van der Waals surface area contributed by atoms with Crippen LogP contribution in [-0.2, 0) is 11.3 Å². The third kappa shape index (κ3) is 3.69. The van der Waals surface area contributed by atoms with Crippen LogP contribution >= 0.6 is 11.3 Å². The van der Waals surface area contributed by atoms with Gasteiger partial charge in [0.05, 0.1) is 11.7 Å². The van der Waals surface area contributed by atoms with Gasteiger partial charge < -0.3 is 14.6 Å². The number of nitrogens with zero attached hydrogens (tertiary/aromatic N) is 3. The van der Waals surface area contributed by atoms with Gasteiger partial charge in [-0.15, -0.1) is 11.3 Å². The maximum Gasteiger partial charge on any atom is 0.286 e. The molecule has 9 heteroatoms. The van der Waals surface area contributed by atoms with E-state index in [0.717, 1.165) is 25.9 Å². The lowest BCUT2D eigenvalue weighted by atomic mass is 9.96. The molecule has 8 nitrogen and oxygen atoms in total. The number of furan rings is 1. The number of likely N-dealkylation sites (tertiary alicyclic amines) is 1. The van der Waals surface area contributed by atoms with Crippen molar-refractivity contribution in [1.29, 1.82) is 0 Å². The highest BCUT2D eigenvalue weighted by Crippen LogP contribution is 2.32. The molecule has 4 heterocycles. The Kier molecular flexibility index (Phi) is 5.23. The molecule has 152 valence electrons. The zero-order valence-electron chi connectivity index (χ0n) is 16.3. The Morgan fingerprint density at radius 1 is 1.31 bits per heavy atom. The number of amides is 2. The van der Waals surface area contributed by atoms with Crippen molar-refractivity contribution in [3.05, 3.63) is 40.0 Å². The SMILES string of the molecule is CNC(=O)c1ccc(-c2csc3ncn(CC4CCN(C(C)=O)CC4)c(=O)c23)o1. The summed E-state index contributed by atoms with van der Waals surface area (Å²) in [5.74, 6) is 0.780. The summed E-state index contributed by atoms with van der Waals surface area (Å²) in [5.41, 5.74) is 0.538. The molecule has 4 rings (SSSR count). The summed E-state index contributed by atoms with van der Waals surface area (Å²) >= 11 is 1.38. The van der Waals surface area contributed by atoms with Gasteiger partial charge in [0.15, 0.2) is 5.76 Å². The van der Waals surface area contributed by atoms with Crippen LogP contribution in [0, 0.1) is 5.92 Å². The lowest BCUT2D eigenvalue weighted by Gasteiger charge is -2.31. The first-order valence-corrected chi connectivity index (χ1v) is 10.4. The number of nitrogens with one attached hydrogen (secondary N) is 1. The van der Waals surface area contributed by atoms with Crippen LogP contribution in [0.5, 0.6) is 0 Å². The van der Waals surface area contributed by atoms with E-state index in [1.54, 1.807) is 30.0 Å². The quantitative estimate of drug-likeness (QED) is 0.707. The minimum absolute atomic E-state index is 0.0983. The van der Waals surface area contributed by atoms with Crippen LogP contribution < -0.4 is 10.9 Å². The molecule has 0 aromatic carbocycles. The fourth-order valence-electron chi connectivity index (χ4n) is 3.72. The van der Waals surface area contributed by atoms with Gasteiger partial charge in [-0.3, -0.25) is 19.0 Å². The summed E-state index contributed by atoms with van der Waals surface area (Å²) in [6, 6.07) is 3.29. The van der Waals surface area contributed by atoms with Gasteiger partial charge in [-0.25, -0.2) is 4.98 Å². The minimum atomic E-state index is -0.316. The average Bonchev–Trinajstić information content (AvgIpc) is 3.37. The van der Waals surface area contributed by atoms with E-state index in [1.165, 1.54) is 18.4 Å². The molecule has 1 aliphatic heterocycles. The molecule has 1 aliphatic rings. The normalized spacial score (nSPS) is 15.0. The summed E-state index contributed by atoms with van der Waals surface area (Å²) in [6.07, 6.45) is 3.34. The molecule has 0 bridgehead atoms. The Labute approximate surface area is 171 Å². The highest BCUT2D eigenvalue weighted by molar-refractivity contribution is 7.17. The van der Waals surface area contributed by atoms with E-state index < -0.39 is 0 Å². The van der Waals surface area contributed by atoms with E-state index in [1.807, 2.05) is 10.3 Å². The molecule has 3 aromatic rings. The molecule has 1 fully saturated rings. The first-order valence-electron chi connectivity index (χ1n) is 9.52. The second-order valence-electron chi connectivity index (χ2n) is 7.22. The Balaban J connectivity index is 1.61. The zero-order valence-corrected chi connectivity index (χ0v) is 17.1. The number of fused-ring (bicyclic) bond motifs is 1. The number of carbonyl (C=O) groups excluding carboxylic acids is 2. The van der Waals surface area contributed by atoms with Gasteiger partial charge in [-0.2, -0.15) is 0 Å². The van der Waals surface area contributed by atoms with Gasteiger partial charge in [-0.1, -0.05) is 0 Å². The molecular weight excluding hydrogens is 392 g/mol. The van der Waals surface area contributed by atoms with Crippen molar-refractivity contribution in [2.24, 2.45) is 5.92 Å². The van der Waals surface area contributed by atoms with Gasteiger partial charge in [0, 0.05) is 44.5 Å². The molecular formula is C20H22N4O4S. The molecule has 2 amide bonds. The third-order valence-electron chi connectivity index (χ3n) is 5.40. The van der Waals surface area contributed by atoms with Crippen LogP contribution in [0.4, 0.5) is 0 Å². The summed E-state index contributed by atoms with van der Waals surface area (Å²) in [4.78, 5) is 43.4. The van der Waals surface area contributed by atoms with Crippen molar-refractivity contribution in [3.8, 4) is 11.3 Å². The monoisotopic (exact) mass is 414 g/mol. The van der Waals surface area contributed by atoms with Crippen LogP contribution in [0.3, 0.4) is 0 Å². The number of hydrogen-bond donors (Lipinski definition) is 1. The average molecular weight is 414 g/mol. The lowest BCUT2D eigenvalue weighted by Crippen LogP contribution is -2.38. The number of rotatable bonds is 4. The Hall–Kier alpha value is -2.94. The number of carbonyl (C=O) groups is 2. The van der Waals surface area contributed by atoms with E-state index in [-0.39, 0.29) is 23.1 Å². The van der Waals surface area contributed by atoms with Gasteiger partial charge in [0.25, 0.3) is 11.5 Å². The van der Waals surface area contributed by atoms with Crippen molar-refractivity contribution < 1.29 is 14.0 Å². The molecule has 0 aliphatic carbocycles. The van der Waals surface area contributed by atoms with Crippen molar-refractivity contribution in [3.63, 3.8) is 0 Å².